The topological polar surface area (TPSA) is 37.4 Å². The molecule has 4 heteroatoms. The fraction of sp³-hybridized carbons (Fsp3) is 0.385. The summed E-state index contributed by atoms with van der Waals surface area (Å²) < 4.78 is 0.676. The van der Waals surface area contributed by atoms with Gasteiger partial charge in [0.15, 0.2) is 0 Å². The molecule has 0 spiro atoms. The summed E-state index contributed by atoms with van der Waals surface area (Å²) in [6, 6.07) is 7.04. The molecule has 0 saturated carbocycles. The van der Waals surface area contributed by atoms with Gasteiger partial charge in [0.1, 0.15) is 0 Å². The van der Waals surface area contributed by atoms with Crippen molar-refractivity contribution in [2.45, 2.75) is 19.3 Å². The van der Waals surface area contributed by atoms with Crippen molar-refractivity contribution in [1.82, 2.24) is 4.90 Å². The first-order chi connectivity index (χ1) is 8.20. The predicted molar refractivity (Wildman–Crippen MR) is 68.9 cm³/mol. The average molecular weight is 296 g/mol. The maximum absolute atomic E-state index is 12.0. The van der Waals surface area contributed by atoms with Gasteiger partial charge < -0.3 is 4.90 Å². The number of nitrogens with zero attached hydrogens (tertiary/aromatic N) is 1. The molecule has 0 bridgehead atoms. The zero-order chi connectivity index (χ0) is 12.3. The average Bonchev–Trinajstić information content (AvgIpc) is 2.39. The van der Waals surface area contributed by atoms with E-state index in [4.69, 9.17) is 0 Å². The van der Waals surface area contributed by atoms with Crippen molar-refractivity contribution in [3.05, 3.63) is 34.3 Å². The van der Waals surface area contributed by atoms with Crippen molar-refractivity contribution in [1.29, 1.82) is 0 Å². The molecule has 1 aromatic carbocycles. The maximum atomic E-state index is 12.0. The van der Waals surface area contributed by atoms with Gasteiger partial charge in [-0.25, -0.2) is 0 Å². The van der Waals surface area contributed by atoms with E-state index in [0.717, 1.165) is 19.3 Å². The lowest BCUT2D eigenvalue weighted by molar-refractivity contribution is -0.127. The summed E-state index contributed by atoms with van der Waals surface area (Å²) in [5.41, 5.74) is 0.447. The number of carbonyl (C=O) groups is 2. The predicted octanol–water partition coefficient (Wildman–Crippen LogP) is 2.64. The fourth-order valence-corrected chi connectivity index (χ4v) is 2.47. The van der Waals surface area contributed by atoms with Crippen molar-refractivity contribution in [2.75, 3.05) is 13.1 Å². The Morgan fingerprint density at radius 1 is 1.06 bits per heavy atom. The SMILES string of the molecule is O=C(C(=O)N1CCCCC1)c1ccccc1Br. The molecule has 1 amide bonds. The summed E-state index contributed by atoms with van der Waals surface area (Å²) in [6.07, 6.45) is 3.14. The highest BCUT2D eigenvalue weighted by Crippen LogP contribution is 2.18. The van der Waals surface area contributed by atoms with Crippen LogP contribution in [0.25, 0.3) is 0 Å². The monoisotopic (exact) mass is 295 g/mol. The Morgan fingerprint density at radius 2 is 1.71 bits per heavy atom. The molecule has 17 heavy (non-hydrogen) atoms. The van der Waals surface area contributed by atoms with Gasteiger partial charge in [0, 0.05) is 23.1 Å². The van der Waals surface area contributed by atoms with E-state index in [2.05, 4.69) is 15.9 Å². The van der Waals surface area contributed by atoms with Gasteiger partial charge in [-0.05, 0) is 31.4 Å². The Labute approximate surface area is 109 Å². The van der Waals surface area contributed by atoms with Crippen LogP contribution in [0.1, 0.15) is 29.6 Å². The highest BCUT2D eigenvalue weighted by atomic mass is 79.9. The van der Waals surface area contributed by atoms with Crippen LogP contribution >= 0.6 is 15.9 Å². The molecular weight excluding hydrogens is 282 g/mol. The first-order valence-electron chi connectivity index (χ1n) is 5.78. The van der Waals surface area contributed by atoms with Gasteiger partial charge in [0.2, 0.25) is 0 Å². The third-order valence-electron chi connectivity index (χ3n) is 2.96. The summed E-state index contributed by atoms with van der Waals surface area (Å²) in [5, 5.41) is 0. The molecule has 0 atom stereocenters. The Morgan fingerprint density at radius 3 is 2.35 bits per heavy atom. The summed E-state index contributed by atoms with van der Waals surface area (Å²) in [6.45, 7) is 1.41. The van der Waals surface area contributed by atoms with Crippen LogP contribution in [-0.4, -0.2) is 29.7 Å². The summed E-state index contributed by atoms with van der Waals surface area (Å²) in [4.78, 5) is 25.7. The van der Waals surface area contributed by atoms with Gasteiger partial charge in [0.05, 0.1) is 0 Å². The third kappa shape index (κ3) is 2.75. The van der Waals surface area contributed by atoms with E-state index in [1.165, 1.54) is 0 Å². The number of amides is 1. The number of carbonyl (C=O) groups excluding carboxylic acids is 2. The van der Waals surface area contributed by atoms with Crippen LogP contribution in [0.4, 0.5) is 0 Å². The number of benzene rings is 1. The molecule has 0 aromatic heterocycles. The van der Waals surface area contributed by atoms with Crippen LogP contribution in [0.2, 0.25) is 0 Å². The number of ketones is 1. The van der Waals surface area contributed by atoms with Gasteiger partial charge in [-0.2, -0.15) is 0 Å². The van der Waals surface area contributed by atoms with Crippen molar-refractivity contribution >= 4 is 27.6 Å². The Kier molecular flexibility index (Phi) is 3.94. The van der Waals surface area contributed by atoms with Crippen molar-refractivity contribution in [3.63, 3.8) is 0 Å². The Bertz CT molecular complexity index is 439. The quantitative estimate of drug-likeness (QED) is 0.621. The number of hydrogen-bond donors (Lipinski definition) is 0. The van der Waals surface area contributed by atoms with Gasteiger partial charge >= 0.3 is 0 Å². The van der Waals surface area contributed by atoms with Crippen LogP contribution in [-0.2, 0) is 4.79 Å². The highest BCUT2D eigenvalue weighted by molar-refractivity contribution is 9.10. The molecule has 1 heterocycles. The molecular formula is C13H14BrNO2. The minimum atomic E-state index is -0.417. The van der Waals surface area contributed by atoms with Crippen LogP contribution in [0, 0.1) is 0 Å². The standard InChI is InChI=1S/C13H14BrNO2/c14-11-7-3-2-6-10(11)12(16)13(17)15-8-4-1-5-9-15/h2-3,6-7H,1,4-5,8-9H2. The number of likely N-dealkylation sites (tertiary alicyclic amines) is 1. The van der Waals surface area contributed by atoms with E-state index in [1.807, 2.05) is 6.07 Å². The van der Waals surface area contributed by atoms with Crippen molar-refractivity contribution < 1.29 is 9.59 Å². The third-order valence-corrected chi connectivity index (χ3v) is 3.65. The van der Waals surface area contributed by atoms with Gasteiger partial charge in [-0.1, -0.05) is 28.1 Å². The van der Waals surface area contributed by atoms with E-state index >= 15 is 0 Å². The van der Waals surface area contributed by atoms with Gasteiger partial charge in [-0.15, -0.1) is 0 Å². The summed E-state index contributed by atoms with van der Waals surface area (Å²) >= 11 is 3.30. The first-order valence-corrected chi connectivity index (χ1v) is 6.57. The zero-order valence-electron chi connectivity index (χ0n) is 9.49. The molecule has 0 aliphatic carbocycles. The normalized spacial score (nSPS) is 15.7. The summed E-state index contributed by atoms with van der Waals surface area (Å²) in [5.74, 6) is -0.795. The Hall–Kier alpha value is -1.16. The molecule has 1 aliphatic heterocycles. The molecule has 0 N–H and O–H groups in total. The molecule has 1 aromatic rings. The molecule has 0 unspecified atom stereocenters. The van der Waals surface area contributed by atoms with E-state index in [9.17, 15) is 9.59 Å². The molecule has 1 aliphatic rings. The molecule has 3 nitrogen and oxygen atoms in total. The second-order valence-corrected chi connectivity index (χ2v) is 5.02. The first kappa shape index (κ1) is 12.3. The van der Waals surface area contributed by atoms with Crippen LogP contribution in [0.3, 0.4) is 0 Å². The van der Waals surface area contributed by atoms with E-state index in [1.54, 1.807) is 23.1 Å². The van der Waals surface area contributed by atoms with Crippen LogP contribution in [0.15, 0.2) is 28.7 Å². The van der Waals surface area contributed by atoms with Crippen LogP contribution < -0.4 is 0 Å². The lowest BCUT2D eigenvalue weighted by atomic mass is 10.1. The van der Waals surface area contributed by atoms with E-state index < -0.39 is 5.78 Å². The molecule has 1 fully saturated rings. The minimum absolute atomic E-state index is 0.378. The Balaban J connectivity index is 2.14. The highest BCUT2D eigenvalue weighted by Gasteiger charge is 2.25. The van der Waals surface area contributed by atoms with Crippen molar-refractivity contribution in [2.24, 2.45) is 0 Å². The van der Waals surface area contributed by atoms with E-state index in [-0.39, 0.29) is 5.91 Å². The van der Waals surface area contributed by atoms with Gasteiger partial charge in [-0.3, -0.25) is 9.59 Å². The fourth-order valence-electron chi connectivity index (χ4n) is 2.00. The summed E-state index contributed by atoms with van der Waals surface area (Å²) in [7, 11) is 0. The maximum Gasteiger partial charge on any atom is 0.295 e. The van der Waals surface area contributed by atoms with E-state index in [0.29, 0.717) is 23.1 Å². The lowest BCUT2D eigenvalue weighted by Gasteiger charge is -2.26. The molecule has 1 saturated heterocycles. The molecule has 90 valence electrons. The van der Waals surface area contributed by atoms with Crippen LogP contribution in [0.5, 0.6) is 0 Å². The number of halogens is 1. The smallest absolute Gasteiger partial charge is 0.295 e. The second-order valence-electron chi connectivity index (χ2n) is 4.16. The molecule has 0 radical (unpaired) electrons. The largest absolute Gasteiger partial charge is 0.336 e. The van der Waals surface area contributed by atoms with Gasteiger partial charge in [0.25, 0.3) is 11.7 Å². The minimum Gasteiger partial charge on any atom is -0.336 e. The zero-order valence-corrected chi connectivity index (χ0v) is 11.1. The number of hydrogen-bond acceptors (Lipinski definition) is 2. The lowest BCUT2D eigenvalue weighted by Crippen LogP contribution is -2.40. The number of Topliss-reactive ketones (excluding diaryl/α,β-unsaturated/α-hetero) is 1. The second kappa shape index (κ2) is 5.45. The number of rotatable bonds is 2. The van der Waals surface area contributed by atoms with Crippen molar-refractivity contribution in [3.8, 4) is 0 Å². The number of piperidine rings is 1. The molecule has 2 rings (SSSR count).